The molecule has 2 aliphatic rings. The van der Waals surface area contributed by atoms with Crippen LogP contribution < -0.4 is 15.0 Å². The number of amides is 4. The Balaban J connectivity index is 1.35. The number of pyridine rings is 1. The zero-order valence-corrected chi connectivity index (χ0v) is 22.3. The second-order valence-corrected chi connectivity index (χ2v) is 11.5. The number of benzene rings is 2. The molecule has 0 bridgehead atoms. The van der Waals surface area contributed by atoms with Crippen molar-refractivity contribution in [1.82, 2.24) is 15.2 Å². The fourth-order valence-electron chi connectivity index (χ4n) is 4.63. The zero-order valence-electron chi connectivity index (χ0n) is 21.5. The van der Waals surface area contributed by atoms with Crippen LogP contribution in [0.4, 0.5) is 23.7 Å². The molecule has 10 nitrogen and oxygen atoms in total. The third-order valence-electron chi connectivity index (χ3n) is 7.07. The van der Waals surface area contributed by atoms with Gasteiger partial charge in [0.2, 0.25) is 0 Å². The number of anilines is 1. The van der Waals surface area contributed by atoms with E-state index in [2.05, 4.69) is 10.3 Å². The molecule has 41 heavy (non-hydrogen) atoms. The number of ether oxygens (including phenoxy) is 1. The molecule has 2 fully saturated rings. The minimum absolute atomic E-state index is 0.0675. The molecule has 1 saturated carbocycles. The van der Waals surface area contributed by atoms with Crippen molar-refractivity contribution >= 4 is 33.4 Å². The number of nitrogens with zero attached hydrogens (tertiary/aromatic N) is 3. The van der Waals surface area contributed by atoms with Crippen molar-refractivity contribution in [3.8, 4) is 5.75 Å². The number of alkyl halides is 3. The Bertz CT molecular complexity index is 1620. The Morgan fingerprint density at radius 2 is 1.71 bits per heavy atom. The largest absolute Gasteiger partial charge is 0.501 e. The van der Waals surface area contributed by atoms with E-state index in [1.807, 2.05) is 0 Å². The lowest BCUT2D eigenvalue weighted by Gasteiger charge is -2.22. The lowest BCUT2D eigenvalue weighted by Crippen LogP contribution is -2.37. The smallest absolute Gasteiger partial charge is 0.497 e. The third-order valence-corrected chi connectivity index (χ3v) is 8.57. The molecule has 4 amide bonds. The van der Waals surface area contributed by atoms with E-state index in [1.165, 1.54) is 17.3 Å². The maximum absolute atomic E-state index is 13.5. The predicted octanol–water partition coefficient (Wildman–Crippen LogP) is 3.82. The number of carbonyl (C=O) groups is 3. The van der Waals surface area contributed by atoms with Crippen molar-refractivity contribution in [2.45, 2.75) is 41.9 Å². The van der Waals surface area contributed by atoms with Crippen LogP contribution in [-0.4, -0.2) is 54.3 Å². The first kappa shape index (κ1) is 28.1. The maximum atomic E-state index is 13.5. The number of nitrogens with one attached hydrogen (secondary N) is 1. The molecular weight excluding hydrogens is 565 g/mol. The summed E-state index contributed by atoms with van der Waals surface area (Å²) in [5, 5.41) is 2.81. The van der Waals surface area contributed by atoms with Gasteiger partial charge in [0, 0.05) is 25.5 Å². The van der Waals surface area contributed by atoms with Crippen molar-refractivity contribution in [3.05, 3.63) is 83.7 Å². The van der Waals surface area contributed by atoms with Gasteiger partial charge in [-0.2, -0.15) is 13.2 Å². The first-order valence-corrected chi connectivity index (χ1v) is 13.8. The summed E-state index contributed by atoms with van der Waals surface area (Å²) in [5.74, 6) is -0.344. The highest BCUT2D eigenvalue weighted by Gasteiger charge is 2.65. The average molecular weight is 589 g/mol. The molecule has 1 aliphatic heterocycles. The van der Waals surface area contributed by atoms with Crippen LogP contribution in [0.3, 0.4) is 0 Å². The van der Waals surface area contributed by atoms with E-state index >= 15 is 0 Å². The molecule has 5 rings (SSSR count). The Morgan fingerprint density at radius 1 is 1.05 bits per heavy atom. The number of aromatic nitrogens is 1. The molecule has 2 heterocycles. The summed E-state index contributed by atoms with van der Waals surface area (Å²) in [6.45, 7) is 0.117. The predicted molar refractivity (Wildman–Crippen MR) is 138 cm³/mol. The van der Waals surface area contributed by atoms with Gasteiger partial charge in [-0.15, -0.1) is 0 Å². The standard InChI is InChI=1S/C27H23F3N4O6S/c1-40-20-6-2-17(3-7-20)14-32-23(35)22-15-31-13-10-18(22)16-33-25(37)34(24(36)26(33)11-12-26)19-4-8-21(9-5-19)41(38,39)27(28,29)30/h2-10,13,15H,11-12,14,16H2,1H3,(H,32,35). The normalized spacial score (nSPS) is 16.3. The van der Waals surface area contributed by atoms with Crippen LogP contribution in [0.15, 0.2) is 71.9 Å². The van der Waals surface area contributed by atoms with Crippen molar-refractivity contribution in [2.24, 2.45) is 0 Å². The molecule has 214 valence electrons. The van der Waals surface area contributed by atoms with Crippen molar-refractivity contribution in [1.29, 1.82) is 0 Å². The van der Waals surface area contributed by atoms with Gasteiger partial charge in [0.1, 0.15) is 11.3 Å². The van der Waals surface area contributed by atoms with Crippen LogP contribution in [-0.2, 0) is 27.7 Å². The van der Waals surface area contributed by atoms with E-state index in [4.69, 9.17) is 4.74 Å². The van der Waals surface area contributed by atoms with Crippen molar-refractivity contribution in [3.63, 3.8) is 0 Å². The number of hydrogen-bond acceptors (Lipinski definition) is 7. The summed E-state index contributed by atoms with van der Waals surface area (Å²) in [7, 11) is -4.05. The number of sulfone groups is 1. The third kappa shape index (κ3) is 4.99. The molecule has 1 N–H and O–H groups in total. The first-order valence-electron chi connectivity index (χ1n) is 12.3. The number of halogens is 3. The lowest BCUT2D eigenvalue weighted by molar-refractivity contribution is -0.120. The number of hydrogen-bond donors (Lipinski definition) is 1. The van der Waals surface area contributed by atoms with Crippen LogP contribution in [0.5, 0.6) is 5.75 Å². The molecule has 3 aromatic rings. The summed E-state index contributed by atoms with van der Waals surface area (Å²) in [6, 6.07) is 11.3. The van der Waals surface area contributed by atoms with E-state index in [1.54, 1.807) is 37.4 Å². The van der Waals surface area contributed by atoms with E-state index in [0.717, 1.165) is 22.6 Å². The van der Waals surface area contributed by atoms with Crippen LogP contribution in [0.25, 0.3) is 0 Å². The molecule has 1 aliphatic carbocycles. The minimum Gasteiger partial charge on any atom is -0.497 e. The SMILES string of the molecule is COc1ccc(CNC(=O)c2cnccc2CN2C(=O)N(c3ccc(S(=O)(=O)C(F)(F)F)cc3)C(=O)C23CC3)cc1. The summed E-state index contributed by atoms with van der Waals surface area (Å²) >= 11 is 0. The van der Waals surface area contributed by atoms with E-state index in [-0.39, 0.29) is 24.3 Å². The summed E-state index contributed by atoms with van der Waals surface area (Å²) < 4.78 is 67.3. The van der Waals surface area contributed by atoms with E-state index in [0.29, 0.717) is 36.3 Å². The van der Waals surface area contributed by atoms with E-state index < -0.39 is 43.6 Å². The fraction of sp³-hybridized carbons (Fsp3) is 0.259. The van der Waals surface area contributed by atoms with Crippen molar-refractivity contribution < 1.29 is 40.7 Å². The van der Waals surface area contributed by atoms with Crippen molar-refractivity contribution in [2.75, 3.05) is 12.0 Å². The zero-order chi connectivity index (χ0) is 29.6. The molecule has 0 unspecified atom stereocenters. The highest BCUT2D eigenvalue weighted by atomic mass is 32.2. The lowest BCUT2D eigenvalue weighted by atomic mass is 10.1. The van der Waals surface area contributed by atoms with Crippen LogP contribution in [0.2, 0.25) is 0 Å². The van der Waals surface area contributed by atoms with Gasteiger partial charge >= 0.3 is 11.5 Å². The van der Waals surface area contributed by atoms with Gasteiger partial charge < -0.3 is 15.0 Å². The summed E-state index contributed by atoms with van der Waals surface area (Å²) in [5.41, 5.74) is -5.25. The second kappa shape index (κ2) is 10.2. The Labute approximate surface area is 232 Å². The molecule has 0 atom stereocenters. The molecule has 0 radical (unpaired) electrons. The Kier molecular flexibility index (Phi) is 6.97. The monoisotopic (exact) mass is 588 g/mol. The van der Waals surface area contributed by atoms with Gasteiger partial charge in [-0.1, -0.05) is 12.1 Å². The molecular formula is C27H23F3N4O6S. The Hall–Kier alpha value is -4.46. The number of methoxy groups -OCH3 is 1. The minimum atomic E-state index is -5.59. The van der Waals surface area contributed by atoms with Crippen LogP contribution in [0, 0.1) is 0 Å². The Morgan fingerprint density at radius 3 is 2.29 bits per heavy atom. The van der Waals surface area contributed by atoms with Gasteiger partial charge in [-0.25, -0.2) is 18.1 Å². The van der Waals surface area contributed by atoms with Gasteiger partial charge in [-0.3, -0.25) is 14.6 Å². The van der Waals surface area contributed by atoms with E-state index in [9.17, 15) is 36.0 Å². The molecule has 2 aromatic carbocycles. The molecule has 1 aromatic heterocycles. The molecule has 14 heteroatoms. The quantitative estimate of drug-likeness (QED) is 0.397. The molecule has 1 spiro atoms. The highest BCUT2D eigenvalue weighted by Crippen LogP contribution is 2.50. The fourth-order valence-corrected chi connectivity index (χ4v) is 5.39. The number of urea groups is 1. The van der Waals surface area contributed by atoms with Crippen LogP contribution >= 0.6 is 0 Å². The van der Waals surface area contributed by atoms with Gasteiger partial charge in [0.05, 0.1) is 23.3 Å². The van der Waals surface area contributed by atoms with Gasteiger partial charge in [-0.05, 0) is 66.4 Å². The molecule has 1 saturated heterocycles. The summed E-state index contributed by atoms with van der Waals surface area (Å²) in [4.78, 5) is 45.0. The maximum Gasteiger partial charge on any atom is 0.501 e. The second-order valence-electron chi connectivity index (χ2n) is 9.55. The highest BCUT2D eigenvalue weighted by molar-refractivity contribution is 7.92. The first-order chi connectivity index (χ1) is 19.4. The van der Waals surface area contributed by atoms with Gasteiger partial charge in [0.25, 0.3) is 21.7 Å². The summed E-state index contributed by atoms with van der Waals surface area (Å²) in [6.07, 6.45) is 3.53. The van der Waals surface area contributed by atoms with Crippen LogP contribution in [0.1, 0.15) is 34.3 Å². The number of carbonyl (C=O) groups excluding carboxylic acids is 3. The topological polar surface area (TPSA) is 126 Å². The average Bonchev–Trinajstić information content (AvgIpc) is 3.73. The van der Waals surface area contributed by atoms with Gasteiger partial charge in [0.15, 0.2) is 0 Å². The number of imide groups is 1. The number of rotatable bonds is 8.